The molecule has 1 aromatic heterocycles. The molecular weight excluding hydrogens is 305 g/mol. The molecule has 0 atom stereocenters. The van der Waals surface area contributed by atoms with Crippen LogP contribution in [-0.2, 0) is 6.54 Å². The van der Waals surface area contributed by atoms with Crippen LogP contribution in [0.4, 0.5) is 5.69 Å². The van der Waals surface area contributed by atoms with E-state index in [1.165, 1.54) is 5.69 Å². The molecule has 1 aliphatic rings. The van der Waals surface area contributed by atoms with E-state index in [0.717, 1.165) is 38.4 Å². The van der Waals surface area contributed by atoms with Gasteiger partial charge < -0.3 is 4.90 Å². The van der Waals surface area contributed by atoms with E-state index < -0.39 is 0 Å². The van der Waals surface area contributed by atoms with Crippen LogP contribution < -0.4 is 4.90 Å². The van der Waals surface area contributed by atoms with E-state index in [2.05, 4.69) is 39.0 Å². The van der Waals surface area contributed by atoms with Crippen molar-refractivity contribution in [2.75, 3.05) is 31.1 Å². The third-order valence-electron chi connectivity index (χ3n) is 3.75. The average Bonchev–Trinajstić information content (AvgIpc) is 2.53. The van der Waals surface area contributed by atoms with Crippen LogP contribution in [0, 0.1) is 0 Å². The summed E-state index contributed by atoms with van der Waals surface area (Å²) in [5.41, 5.74) is 2.15. The van der Waals surface area contributed by atoms with Gasteiger partial charge in [0.1, 0.15) is 5.15 Å². The monoisotopic (exact) mass is 321 g/mol. The normalized spacial score (nSPS) is 16.2. The average molecular weight is 322 g/mol. The fraction of sp³-hybridized carbons (Fsp3) is 0.312. The smallest absolute Gasteiger partial charge is 0.129 e. The van der Waals surface area contributed by atoms with Gasteiger partial charge in [-0.3, -0.25) is 4.90 Å². The van der Waals surface area contributed by atoms with Crippen molar-refractivity contribution in [3.05, 3.63) is 58.3 Å². The summed E-state index contributed by atoms with van der Waals surface area (Å²) in [6.45, 7) is 4.78. The molecule has 110 valence electrons. The second-order valence-electron chi connectivity index (χ2n) is 5.16. The molecule has 0 saturated carbocycles. The Bertz CT molecular complexity index is 596. The van der Waals surface area contributed by atoms with Gasteiger partial charge in [0.2, 0.25) is 0 Å². The summed E-state index contributed by atoms with van der Waals surface area (Å²) in [6.07, 6.45) is 0. The molecule has 0 radical (unpaired) electrons. The molecule has 0 amide bonds. The molecular formula is C16H17Cl2N3. The Balaban J connectivity index is 1.60. The van der Waals surface area contributed by atoms with Crippen molar-refractivity contribution in [1.29, 1.82) is 0 Å². The van der Waals surface area contributed by atoms with Crippen molar-refractivity contribution in [3.8, 4) is 0 Å². The van der Waals surface area contributed by atoms with E-state index in [0.29, 0.717) is 10.2 Å². The van der Waals surface area contributed by atoms with E-state index >= 15 is 0 Å². The number of nitrogens with zero attached hydrogens (tertiary/aromatic N) is 3. The minimum atomic E-state index is 0.498. The fourth-order valence-electron chi connectivity index (χ4n) is 2.58. The topological polar surface area (TPSA) is 19.4 Å². The van der Waals surface area contributed by atoms with E-state index in [9.17, 15) is 0 Å². The molecule has 2 heterocycles. The molecule has 3 nitrogen and oxygen atoms in total. The number of halogens is 2. The highest BCUT2D eigenvalue weighted by Gasteiger charge is 2.18. The summed E-state index contributed by atoms with van der Waals surface area (Å²) in [5, 5.41) is 1.18. The van der Waals surface area contributed by atoms with Crippen molar-refractivity contribution in [1.82, 2.24) is 9.88 Å². The Morgan fingerprint density at radius 2 is 1.62 bits per heavy atom. The standard InChI is InChI=1S/C16H17Cl2N3/c17-14-6-7-16(18)19-15(14)12-20-8-10-21(11-9-20)13-4-2-1-3-5-13/h1-7H,8-12H2. The van der Waals surface area contributed by atoms with Gasteiger partial charge in [0.15, 0.2) is 0 Å². The van der Waals surface area contributed by atoms with Gasteiger partial charge in [-0.1, -0.05) is 41.4 Å². The highest BCUT2D eigenvalue weighted by atomic mass is 35.5. The number of benzene rings is 1. The molecule has 1 aromatic carbocycles. The Hall–Kier alpha value is -1.29. The largest absolute Gasteiger partial charge is 0.369 e. The number of hydrogen-bond donors (Lipinski definition) is 0. The molecule has 0 bridgehead atoms. The van der Waals surface area contributed by atoms with Gasteiger partial charge in [-0.25, -0.2) is 4.98 Å². The zero-order valence-electron chi connectivity index (χ0n) is 11.7. The highest BCUT2D eigenvalue weighted by molar-refractivity contribution is 6.32. The van der Waals surface area contributed by atoms with Crippen molar-refractivity contribution < 1.29 is 0 Å². The number of para-hydroxylation sites is 1. The van der Waals surface area contributed by atoms with Crippen LogP contribution in [0.1, 0.15) is 5.69 Å². The van der Waals surface area contributed by atoms with E-state index in [1.54, 1.807) is 6.07 Å². The predicted molar refractivity (Wildman–Crippen MR) is 88.2 cm³/mol. The minimum Gasteiger partial charge on any atom is -0.369 e. The van der Waals surface area contributed by atoms with Gasteiger partial charge in [0.05, 0.1) is 10.7 Å². The van der Waals surface area contributed by atoms with Crippen molar-refractivity contribution >= 4 is 28.9 Å². The zero-order valence-corrected chi connectivity index (χ0v) is 13.2. The molecule has 1 aliphatic heterocycles. The third-order valence-corrected chi connectivity index (χ3v) is 4.31. The second-order valence-corrected chi connectivity index (χ2v) is 5.96. The number of hydrogen-bond acceptors (Lipinski definition) is 3. The predicted octanol–water partition coefficient (Wildman–Crippen LogP) is 3.71. The fourth-order valence-corrected chi connectivity index (χ4v) is 2.91. The first-order valence-electron chi connectivity index (χ1n) is 7.05. The van der Waals surface area contributed by atoms with Crippen LogP contribution in [0.3, 0.4) is 0 Å². The first-order chi connectivity index (χ1) is 10.2. The van der Waals surface area contributed by atoms with E-state index in [-0.39, 0.29) is 0 Å². The summed E-state index contributed by atoms with van der Waals surface area (Å²) in [4.78, 5) is 9.09. The van der Waals surface area contributed by atoms with Crippen LogP contribution >= 0.6 is 23.2 Å². The lowest BCUT2D eigenvalue weighted by molar-refractivity contribution is 0.247. The molecule has 21 heavy (non-hydrogen) atoms. The molecule has 5 heteroatoms. The van der Waals surface area contributed by atoms with Gasteiger partial charge in [0, 0.05) is 38.4 Å². The molecule has 0 unspecified atom stereocenters. The van der Waals surface area contributed by atoms with E-state index in [1.807, 2.05) is 12.1 Å². The molecule has 0 N–H and O–H groups in total. The van der Waals surface area contributed by atoms with Crippen molar-refractivity contribution in [2.45, 2.75) is 6.54 Å². The summed E-state index contributed by atoms with van der Waals surface area (Å²) >= 11 is 12.1. The van der Waals surface area contributed by atoms with Crippen LogP contribution in [0.25, 0.3) is 0 Å². The number of pyridine rings is 1. The summed E-state index contributed by atoms with van der Waals surface area (Å²) in [7, 11) is 0. The molecule has 1 saturated heterocycles. The highest BCUT2D eigenvalue weighted by Crippen LogP contribution is 2.20. The van der Waals surface area contributed by atoms with Gasteiger partial charge >= 0.3 is 0 Å². The number of piperazine rings is 1. The van der Waals surface area contributed by atoms with Gasteiger partial charge in [-0.15, -0.1) is 0 Å². The minimum absolute atomic E-state index is 0.498. The lowest BCUT2D eigenvalue weighted by atomic mass is 10.2. The Labute approximate surface area is 135 Å². The third kappa shape index (κ3) is 3.67. The lowest BCUT2D eigenvalue weighted by Crippen LogP contribution is -2.46. The quantitative estimate of drug-likeness (QED) is 0.803. The summed E-state index contributed by atoms with van der Waals surface area (Å²) in [6, 6.07) is 14.1. The van der Waals surface area contributed by atoms with Gasteiger partial charge in [-0.2, -0.15) is 0 Å². The SMILES string of the molecule is Clc1ccc(Cl)c(CN2CCN(c3ccccc3)CC2)n1. The molecule has 1 fully saturated rings. The first kappa shape index (κ1) is 14.6. The molecule has 0 spiro atoms. The van der Waals surface area contributed by atoms with Crippen LogP contribution in [0.5, 0.6) is 0 Å². The summed E-state index contributed by atoms with van der Waals surface area (Å²) < 4.78 is 0. The van der Waals surface area contributed by atoms with Crippen LogP contribution in [0.2, 0.25) is 10.2 Å². The second kappa shape index (κ2) is 6.65. The summed E-state index contributed by atoms with van der Waals surface area (Å²) in [5.74, 6) is 0. The first-order valence-corrected chi connectivity index (χ1v) is 7.81. The molecule has 2 aromatic rings. The lowest BCUT2D eigenvalue weighted by Gasteiger charge is -2.36. The molecule has 0 aliphatic carbocycles. The van der Waals surface area contributed by atoms with Crippen LogP contribution in [-0.4, -0.2) is 36.1 Å². The Morgan fingerprint density at radius 1 is 0.905 bits per heavy atom. The maximum atomic E-state index is 6.18. The van der Waals surface area contributed by atoms with Gasteiger partial charge in [-0.05, 0) is 24.3 Å². The Kier molecular flexibility index (Phi) is 4.63. The maximum Gasteiger partial charge on any atom is 0.129 e. The number of anilines is 1. The zero-order chi connectivity index (χ0) is 14.7. The molecule has 3 rings (SSSR count). The van der Waals surface area contributed by atoms with Crippen molar-refractivity contribution in [2.24, 2.45) is 0 Å². The number of aromatic nitrogens is 1. The van der Waals surface area contributed by atoms with Crippen molar-refractivity contribution in [3.63, 3.8) is 0 Å². The van der Waals surface area contributed by atoms with Crippen LogP contribution in [0.15, 0.2) is 42.5 Å². The van der Waals surface area contributed by atoms with E-state index in [4.69, 9.17) is 23.2 Å². The van der Waals surface area contributed by atoms with Gasteiger partial charge in [0.25, 0.3) is 0 Å². The number of rotatable bonds is 3. The maximum absolute atomic E-state index is 6.18. The Morgan fingerprint density at radius 3 is 2.33 bits per heavy atom.